The highest BCUT2D eigenvalue weighted by atomic mass is 32.1. The Kier molecular flexibility index (Phi) is 5.02. The van der Waals surface area contributed by atoms with E-state index in [9.17, 15) is 9.18 Å². The molecule has 0 spiro atoms. The molecule has 7 heteroatoms. The summed E-state index contributed by atoms with van der Waals surface area (Å²) < 4.78 is 19.1. The molecule has 2 aromatic carbocycles. The number of hydrogen-bond donors (Lipinski definition) is 1. The maximum absolute atomic E-state index is 13.2. The zero-order chi connectivity index (χ0) is 18.6. The molecule has 1 aliphatic heterocycles. The first-order valence-electron chi connectivity index (χ1n) is 8.61. The van der Waals surface area contributed by atoms with Gasteiger partial charge in [-0.25, -0.2) is 9.37 Å². The summed E-state index contributed by atoms with van der Waals surface area (Å²) in [6.45, 7) is 0.972. The van der Waals surface area contributed by atoms with Crippen LogP contribution in [0, 0.1) is 5.82 Å². The number of nitrogens with one attached hydrogen (secondary N) is 1. The van der Waals surface area contributed by atoms with Crippen molar-refractivity contribution in [1.29, 1.82) is 0 Å². The SMILES string of the molecule is O=C(CC1COc2ccccc2N1Cc1ccc(F)cc1)Nc1nccs1. The number of amides is 1. The summed E-state index contributed by atoms with van der Waals surface area (Å²) >= 11 is 1.38. The number of hydrogen-bond acceptors (Lipinski definition) is 5. The van der Waals surface area contributed by atoms with Crippen molar-refractivity contribution in [3.05, 3.63) is 71.5 Å². The van der Waals surface area contributed by atoms with Gasteiger partial charge in [-0.15, -0.1) is 11.3 Å². The molecule has 3 aromatic rings. The Morgan fingerprint density at radius 3 is 2.85 bits per heavy atom. The lowest BCUT2D eigenvalue weighted by Crippen LogP contribution is -2.44. The van der Waals surface area contributed by atoms with E-state index in [1.807, 2.05) is 29.6 Å². The average Bonchev–Trinajstić information content (AvgIpc) is 3.18. The molecule has 1 N–H and O–H groups in total. The molecule has 1 aromatic heterocycles. The molecule has 0 bridgehead atoms. The van der Waals surface area contributed by atoms with Gasteiger partial charge in [-0.2, -0.15) is 0 Å². The Balaban J connectivity index is 1.55. The van der Waals surface area contributed by atoms with E-state index in [2.05, 4.69) is 15.2 Å². The molecule has 0 saturated carbocycles. The zero-order valence-corrected chi connectivity index (χ0v) is 15.3. The largest absolute Gasteiger partial charge is 0.489 e. The van der Waals surface area contributed by atoms with Gasteiger partial charge in [-0.1, -0.05) is 24.3 Å². The normalized spacial score (nSPS) is 15.7. The number of thiazole rings is 1. The van der Waals surface area contributed by atoms with E-state index in [4.69, 9.17) is 4.74 Å². The quantitative estimate of drug-likeness (QED) is 0.721. The number of benzene rings is 2. The molecule has 1 amide bonds. The van der Waals surface area contributed by atoms with Gasteiger partial charge in [0.1, 0.15) is 18.2 Å². The number of nitrogens with zero attached hydrogens (tertiary/aromatic N) is 2. The highest BCUT2D eigenvalue weighted by molar-refractivity contribution is 7.13. The van der Waals surface area contributed by atoms with Crippen LogP contribution >= 0.6 is 11.3 Å². The number of halogens is 1. The molecule has 138 valence electrons. The van der Waals surface area contributed by atoms with E-state index in [0.717, 1.165) is 17.0 Å². The first kappa shape index (κ1) is 17.5. The van der Waals surface area contributed by atoms with Crippen molar-refractivity contribution in [2.75, 3.05) is 16.8 Å². The first-order chi connectivity index (χ1) is 13.2. The predicted octanol–water partition coefficient (Wildman–Crippen LogP) is 4.08. The number of para-hydroxylation sites is 2. The molecular formula is C20H18FN3O2S. The van der Waals surface area contributed by atoms with E-state index in [-0.39, 0.29) is 24.2 Å². The lowest BCUT2D eigenvalue weighted by Gasteiger charge is -2.38. The van der Waals surface area contributed by atoms with Gasteiger partial charge in [0.15, 0.2) is 5.13 Å². The van der Waals surface area contributed by atoms with E-state index in [1.165, 1.54) is 23.5 Å². The standard InChI is InChI=1S/C20H18FN3O2S/c21-15-7-5-14(6-8-15)12-24-16(11-19(25)23-20-22-9-10-27-20)13-26-18-4-2-1-3-17(18)24/h1-10,16H,11-13H2,(H,22,23,25). The Labute approximate surface area is 160 Å². The van der Waals surface area contributed by atoms with Crippen molar-refractivity contribution < 1.29 is 13.9 Å². The Bertz CT molecular complexity index is 915. The van der Waals surface area contributed by atoms with Crippen LogP contribution in [0.3, 0.4) is 0 Å². The van der Waals surface area contributed by atoms with Crippen LogP contribution in [0.1, 0.15) is 12.0 Å². The van der Waals surface area contributed by atoms with Gasteiger partial charge < -0.3 is 15.0 Å². The van der Waals surface area contributed by atoms with Gasteiger partial charge in [0.2, 0.25) is 5.91 Å². The Hall–Kier alpha value is -2.93. The van der Waals surface area contributed by atoms with Crippen molar-refractivity contribution >= 4 is 28.1 Å². The van der Waals surface area contributed by atoms with Crippen LogP contribution in [0.15, 0.2) is 60.1 Å². The van der Waals surface area contributed by atoms with Crippen LogP contribution in [0.2, 0.25) is 0 Å². The van der Waals surface area contributed by atoms with Gasteiger partial charge in [-0.05, 0) is 29.8 Å². The van der Waals surface area contributed by atoms with Crippen LogP contribution in [0.25, 0.3) is 0 Å². The fourth-order valence-corrected chi connectivity index (χ4v) is 3.67. The minimum Gasteiger partial charge on any atom is -0.489 e. The van der Waals surface area contributed by atoms with E-state index < -0.39 is 0 Å². The van der Waals surface area contributed by atoms with E-state index >= 15 is 0 Å². The third kappa shape index (κ3) is 4.09. The second-order valence-electron chi connectivity index (χ2n) is 6.28. The van der Waals surface area contributed by atoms with Crippen LogP contribution in [0.5, 0.6) is 5.75 Å². The molecule has 1 aliphatic rings. The number of fused-ring (bicyclic) bond motifs is 1. The van der Waals surface area contributed by atoms with Crippen LogP contribution < -0.4 is 15.0 Å². The van der Waals surface area contributed by atoms with Gasteiger partial charge >= 0.3 is 0 Å². The fourth-order valence-electron chi connectivity index (χ4n) is 3.13. The van der Waals surface area contributed by atoms with Crippen molar-refractivity contribution in [2.24, 2.45) is 0 Å². The molecule has 5 nitrogen and oxygen atoms in total. The number of carbonyl (C=O) groups is 1. The zero-order valence-electron chi connectivity index (χ0n) is 14.5. The van der Waals surface area contributed by atoms with Gasteiger partial charge in [0, 0.05) is 18.1 Å². The molecule has 0 fully saturated rings. The number of rotatable bonds is 5. The predicted molar refractivity (Wildman–Crippen MR) is 104 cm³/mol. The van der Waals surface area contributed by atoms with Gasteiger partial charge in [-0.3, -0.25) is 4.79 Å². The lowest BCUT2D eigenvalue weighted by atomic mass is 10.1. The number of ether oxygens (including phenoxy) is 1. The summed E-state index contributed by atoms with van der Waals surface area (Å²) in [6, 6.07) is 14.0. The highest BCUT2D eigenvalue weighted by Gasteiger charge is 2.29. The molecule has 0 aliphatic carbocycles. The number of anilines is 2. The van der Waals surface area contributed by atoms with Crippen LogP contribution in [-0.4, -0.2) is 23.5 Å². The first-order valence-corrected chi connectivity index (χ1v) is 9.49. The molecule has 0 saturated heterocycles. The highest BCUT2D eigenvalue weighted by Crippen LogP contribution is 2.35. The van der Waals surface area contributed by atoms with E-state index in [0.29, 0.717) is 18.3 Å². The summed E-state index contributed by atoms with van der Waals surface area (Å²) in [5.74, 6) is 0.415. The second kappa shape index (κ2) is 7.75. The second-order valence-corrected chi connectivity index (χ2v) is 7.17. The number of aromatic nitrogens is 1. The maximum atomic E-state index is 13.2. The molecule has 4 rings (SSSR count). The minimum atomic E-state index is -0.263. The van der Waals surface area contributed by atoms with Crippen molar-refractivity contribution in [3.8, 4) is 5.75 Å². The third-order valence-corrected chi connectivity index (χ3v) is 5.10. The third-order valence-electron chi connectivity index (χ3n) is 4.41. The summed E-state index contributed by atoms with van der Waals surface area (Å²) in [7, 11) is 0. The van der Waals surface area contributed by atoms with Crippen LogP contribution in [0.4, 0.5) is 15.2 Å². The summed E-state index contributed by atoms with van der Waals surface area (Å²) in [4.78, 5) is 18.7. The molecule has 2 heterocycles. The van der Waals surface area contributed by atoms with E-state index in [1.54, 1.807) is 18.3 Å². The molecule has 0 radical (unpaired) electrons. The van der Waals surface area contributed by atoms with Crippen molar-refractivity contribution in [3.63, 3.8) is 0 Å². The van der Waals surface area contributed by atoms with Crippen molar-refractivity contribution in [2.45, 2.75) is 19.0 Å². The average molecular weight is 383 g/mol. The smallest absolute Gasteiger partial charge is 0.228 e. The van der Waals surface area contributed by atoms with Gasteiger partial charge in [0.25, 0.3) is 0 Å². The summed E-state index contributed by atoms with van der Waals surface area (Å²) in [5, 5.41) is 5.22. The molecule has 1 atom stereocenters. The monoisotopic (exact) mass is 383 g/mol. The van der Waals surface area contributed by atoms with Crippen molar-refractivity contribution in [1.82, 2.24) is 4.98 Å². The summed E-state index contributed by atoms with van der Waals surface area (Å²) in [6.07, 6.45) is 1.93. The van der Waals surface area contributed by atoms with Crippen LogP contribution in [-0.2, 0) is 11.3 Å². The Morgan fingerprint density at radius 1 is 1.26 bits per heavy atom. The molecule has 27 heavy (non-hydrogen) atoms. The maximum Gasteiger partial charge on any atom is 0.228 e. The lowest BCUT2D eigenvalue weighted by molar-refractivity contribution is -0.116. The molecule has 1 unspecified atom stereocenters. The molecular weight excluding hydrogens is 365 g/mol. The Morgan fingerprint density at radius 2 is 2.07 bits per heavy atom. The minimum absolute atomic E-state index is 0.109. The summed E-state index contributed by atoms with van der Waals surface area (Å²) in [5.41, 5.74) is 1.90. The fraction of sp³-hybridized carbons (Fsp3) is 0.200. The number of carbonyl (C=O) groups excluding carboxylic acids is 1. The topological polar surface area (TPSA) is 54.5 Å². The van der Waals surface area contributed by atoms with Gasteiger partial charge in [0.05, 0.1) is 18.2 Å².